The molecule has 3 N–H and O–H groups in total. The largest absolute Gasteiger partial charge is 0.324 e. The zero-order chi connectivity index (χ0) is 13.0. The Balaban J connectivity index is 2.74. The van der Waals surface area contributed by atoms with Crippen LogP contribution in [0.5, 0.6) is 0 Å². The Bertz CT molecular complexity index is 409. The predicted molar refractivity (Wildman–Crippen MR) is 77.9 cm³/mol. The summed E-state index contributed by atoms with van der Waals surface area (Å²) in [5, 5.41) is 2.82. The van der Waals surface area contributed by atoms with Gasteiger partial charge < -0.3 is 11.1 Å². The van der Waals surface area contributed by atoms with E-state index in [0.29, 0.717) is 0 Å². The van der Waals surface area contributed by atoms with Crippen LogP contribution in [0.4, 0.5) is 5.69 Å². The fraction of sp³-hybridized carbons (Fsp3) is 0.417. The van der Waals surface area contributed by atoms with Crippen LogP contribution in [0.3, 0.4) is 0 Å². The standard InChI is InChI=1S/C12H16Br2N2O/c1-3-7(2)11(15)12(17)16-10-5-4-8(13)6-9(10)14/h4-7,11H,3,15H2,1-2H3,(H,16,17)/t7?,11-/m0/s1. The van der Waals surface area contributed by atoms with Gasteiger partial charge in [0.05, 0.1) is 11.7 Å². The van der Waals surface area contributed by atoms with Crippen LogP contribution in [-0.2, 0) is 4.79 Å². The molecule has 0 saturated heterocycles. The van der Waals surface area contributed by atoms with E-state index in [2.05, 4.69) is 37.2 Å². The number of carbonyl (C=O) groups is 1. The molecule has 1 aromatic carbocycles. The number of rotatable bonds is 4. The van der Waals surface area contributed by atoms with Crippen molar-refractivity contribution in [1.82, 2.24) is 0 Å². The lowest BCUT2D eigenvalue weighted by molar-refractivity contribution is -0.118. The Morgan fingerprint density at radius 3 is 2.65 bits per heavy atom. The summed E-state index contributed by atoms with van der Waals surface area (Å²) in [4.78, 5) is 11.9. The van der Waals surface area contributed by atoms with Crippen molar-refractivity contribution < 1.29 is 4.79 Å². The van der Waals surface area contributed by atoms with Gasteiger partial charge >= 0.3 is 0 Å². The van der Waals surface area contributed by atoms with Crippen LogP contribution in [0.25, 0.3) is 0 Å². The van der Waals surface area contributed by atoms with Crippen molar-refractivity contribution in [2.24, 2.45) is 11.7 Å². The minimum atomic E-state index is -0.476. The van der Waals surface area contributed by atoms with Crippen LogP contribution in [0, 0.1) is 5.92 Å². The van der Waals surface area contributed by atoms with Crippen molar-refractivity contribution in [1.29, 1.82) is 0 Å². The van der Waals surface area contributed by atoms with E-state index in [9.17, 15) is 4.79 Å². The number of nitrogens with two attached hydrogens (primary N) is 1. The maximum Gasteiger partial charge on any atom is 0.241 e. The molecule has 0 saturated carbocycles. The third kappa shape index (κ3) is 4.08. The summed E-state index contributed by atoms with van der Waals surface area (Å²) in [7, 11) is 0. The quantitative estimate of drug-likeness (QED) is 0.859. The molecule has 0 radical (unpaired) electrons. The zero-order valence-corrected chi connectivity index (χ0v) is 13.0. The zero-order valence-electron chi connectivity index (χ0n) is 9.84. The first-order chi connectivity index (χ1) is 7.95. The van der Waals surface area contributed by atoms with E-state index in [1.165, 1.54) is 0 Å². The molecule has 0 heterocycles. The lowest BCUT2D eigenvalue weighted by atomic mass is 9.99. The van der Waals surface area contributed by atoms with E-state index in [4.69, 9.17) is 5.73 Å². The summed E-state index contributed by atoms with van der Waals surface area (Å²) >= 11 is 6.75. The van der Waals surface area contributed by atoms with Gasteiger partial charge in [0.1, 0.15) is 0 Å². The molecule has 0 bridgehead atoms. The number of amides is 1. The van der Waals surface area contributed by atoms with Gasteiger partial charge in [-0.25, -0.2) is 0 Å². The Kier molecular flexibility index (Phi) is 5.62. The highest BCUT2D eigenvalue weighted by Crippen LogP contribution is 2.26. The lowest BCUT2D eigenvalue weighted by Gasteiger charge is -2.18. The first-order valence-electron chi connectivity index (χ1n) is 5.47. The van der Waals surface area contributed by atoms with Gasteiger partial charge in [-0.1, -0.05) is 36.2 Å². The lowest BCUT2D eigenvalue weighted by Crippen LogP contribution is -2.40. The van der Waals surface area contributed by atoms with Gasteiger partial charge in [0.2, 0.25) is 5.91 Å². The van der Waals surface area contributed by atoms with E-state index < -0.39 is 6.04 Å². The highest BCUT2D eigenvalue weighted by atomic mass is 79.9. The molecule has 94 valence electrons. The number of hydrogen-bond acceptors (Lipinski definition) is 2. The van der Waals surface area contributed by atoms with Gasteiger partial charge in [0, 0.05) is 8.95 Å². The van der Waals surface area contributed by atoms with E-state index in [1.54, 1.807) is 0 Å². The second-order valence-electron chi connectivity index (χ2n) is 4.02. The summed E-state index contributed by atoms with van der Waals surface area (Å²) in [6, 6.07) is 5.10. The molecular formula is C12H16Br2N2O. The van der Waals surface area contributed by atoms with Crippen molar-refractivity contribution in [3.05, 3.63) is 27.1 Å². The summed E-state index contributed by atoms with van der Waals surface area (Å²) < 4.78 is 1.78. The van der Waals surface area contributed by atoms with Gasteiger partial charge in [-0.3, -0.25) is 4.79 Å². The van der Waals surface area contributed by atoms with Crippen LogP contribution in [0.15, 0.2) is 27.1 Å². The normalized spacial score (nSPS) is 14.2. The second kappa shape index (κ2) is 6.52. The number of carbonyl (C=O) groups excluding carboxylic acids is 1. The van der Waals surface area contributed by atoms with E-state index in [-0.39, 0.29) is 11.8 Å². The van der Waals surface area contributed by atoms with E-state index >= 15 is 0 Å². The highest BCUT2D eigenvalue weighted by molar-refractivity contribution is 9.11. The first kappa shape index (κ1) is 14.7. The number of benzene rings is 1. The van der Waals surface area contributed by atoms with Crippen LogP contribution >= 0.6 is 31.9 Å². The molecule has 1 unspecified atom stereocenters. The summed E-state index contributed by atoms with van der Waals surface area (Å²) in [5.74, 6) is 0.0200. The van der Waals surface area contributed by atoms with Gasteiger partial charge in [-0.2, -0.15) is 0 Å². The van der Waals surface area contributed by atoms with Gasteiger partial charge in [0.25, 0.3) is 0 Å². The van der Waals surface area contributed by atoms with Gasteiger partial charge in [-0.15, -0.1) is 0 Å². The number of nitrogens with one attached hydrogen (secondary N) is 1. The third-order valence-electron chi connectivity index (χ3n) is 2.75. The minimum Gasteiger partial charge on any atom is -0.324 e. The molecule has 1 rings (SSSR count). The average molecular weight is 364 g/mol. The molecule has 0 spiro atoms. The molecule has 0 fully saturated rings. The molecule has 0 aliphatic rings. The fourth-order valence-corrected chi connectivity index (χ4v) is 2.47. The molecule has 1 aromatic rings. The topological polar surface area (TPSA) is 55.1 Å². The predicted octanol–water partition coefficient (Wildman–Crippen LogP) is 3.52. The summed E-state index contributed by atoms with van der Waals surface area (Å²) in [6.45, 7) is 3.99. The number of hydrogen-bond donors (Lipinski definition) is 2. The number of anilines is 1. The second-order valence-corrected chi connectivity index (χ2v) is 5.79. The molecule has 0 aliphatic heterocycles. The summed E-state index contributed by atoms with van der Waals surface area (Å²) in [5.41, 5.74) is 6.60. The van der Waals surface area contributed by atoms with Crippen LogP contribution in [0.1, 0.15) is 20.3 Å². The average Bonchev–Trinajstić information content (AvgIpc) is 2.30. The van der Waals surface area contributed by atoms with E-state index in [0.717, 1.165) is 21.1 Å². The monoisotopic (exact) mass is 362 g/mol. The molecule has 1 amide bonds. The van der Waals surface area contributed by atoms with Crippen LogP contribution in [-0.4, -0.2) is 11.9 Å². The van der Waals surface area contributed by atoms with Crippen molar-refractivity contribution in [3.8, 4) is 0 Å². The molecule has 0 aliphatic carbocycles. The van der Waals surface area contributed by atoms with Crippen molar-refractivity contribution in [2.45, 2.75) is 26.3 Å². The third-order valence-corrected chi connectivity index (χ3v) is 3.90. The summed E-state index contributed by atoms with van der Waals surface area (Å²) in [6.07, 6.45) is 0.885. The molecule has 5 heteroatoms. The molecule has 17 heavy (non-hydrogen) atoms. The molecule has 0 aromatic heterocycles. The van der Waals surface area contributed by atoms with E-state index in [1.807, 2.05) is 32.0 Å². The van der Waals surface area contributed by atoms with Crippen molar-refractivity contribution >= 4 is 43.5 Å². The molecule has 3 nitrogen and oxygen atoms in total. The smallest absolute Gasteiger partial charge is 0.241 e. The first-order valence-corrected chi connectivity index (χ1v) is 7.05. The molecule has 2 atom stereocenters. The Hall–Kier alpha value is -0.390. The fourth-order valence-electron chi connectivity index (χ4n) is 1.32. The van der Waals surface area contributed by atoms with Crippen LogP contribution < -0.4 is 11.1 Å². The highest BCUT2D eigenvalue weighted by Gasteiger charge is 2.19. The van der Waals surface area contributed by atoms with Crippen molar-refractivity contribution in [2.75, 3.05) is 5.32 Å². The molecular weight excluding hydrogens is 348 g/mol. The van der Waals surface area contributed by atoms with Crippen LogP contribution in [0.2, 0.25) is 0 Å². The maximum atomic E-state index is 11.9. The Labute approximate surface area is 118 Å². The Morgan fingerprint density at radius 2 is 2.12 bits per heavy atom. The number of halogens is 2. The SMILES string of the molecule is CCC(C)[C@H](N)C(=O)Nc1ccc(Br)cc1Br. The minimum absolute atomic E-state index is 0.151. The Morgan fingerprint density at radius 1 is 1.47 bits per heavy atom. The maximum absolute atomic E-state index is 11.9. The van der Waals surface area contributed by atoms with Crippen molar-refractivity contribution in [3.63, 3.8) is 0 Å². The van der Waals surface area contributed by atoms with Gasteiger partial charge in [0.15, 0.2) is 0 Å². The van der Waals surface area contributed by atoms with Gasteiger partial charge in [-0.05, 0) is 40.0 Å².